The van der Waals surface area contributed by atoms with Crippen molar-refractivity contribution >= 4 is 10.9 Å². The van der Waals surface area contributed by atoms with Gasteiger partial charge in [-0.1, -0.05) is 18.2 Å². The highest BCUT2D eigenvalue weighted by molar-refractivity contribution is 5.84. The van der Waals surface area contributed by atoms with Gasteiger partial charge in [-0.25, -0.2) is 4.98 Å². The van der Waals surface area contributed by atoms with Crippen LogP contribution in [0.2, 0.25) is 0 Å². The van der Waals surface area contributed by atoms with E-state index < -0.39 is 0 Å². The van der Waals surface area contributed by atoms with Gasteiger partial charge in [0.1, 0.15) is 0 Å². The number of pyridine rings is 1. The van der Waals surface area contributed by atoms with Gasteiger partial charge in [0.25, 0.3) is 0 Å². The van der Waals surface area contributed by atoms with E-state index >= 15 is 0 Å². The number of aromatic nitrogens is 1. The molecule has 0 radical (unpaired) electrons. The van der Waals surface area contributed by atoms with E-state index in [2.05, 4.69) is 71.0 Å². The van der Waals surface area contributed by atoms with Gasteiger partial charge in [0.05, 0.1) is 11.2 Å². The molecule has 0 amide bonds. The lowest BCUT2D eigenvalue weighted by Crippen LogP contribution is -1.95. The molecule has 0 bridgehead atoms. The number of hydrogen-bond acceptors (Lipinski definition) is 1. The molecule has 2 aromatic carbocycles. The molecule has 21 heavy (non-hydrogen) atoms. The van der Waals surface area contributed by atoms with E-state index in [1.165, 1.54) is 38.8 Å². The summed E-state index contributed by atoms with van der Waals surface area (Å²) in [5.41, 5.74) is 9.87. The van der Waals surface area contributed by atoms with Crippen molar-refractivity contribution < 1.29 is 0 Å². The van der Waals surface area contributed by atoms with Gasteiger partial charge in [-0.3, -0.25) is 0 Å². The van der Waals surface area contributed by atoms with E-state index in [-0.39, 0.29) is 0 Å². The van der Waals surface area contributed by atoms with Gasteiger partial charge >= 0.3 is 0 Å². The van der Waals surface area contributed by atoms with Gasteiger partial charge in [-0.05, 0) is 80.6 Å². The van der Waals surface area contributed by atoms with Gasteiger partial charge in [0, 0.05) is 10.9 Å². The summed E-state index contributed by atoms with van der Waals surface area (Å²) in [5, 5.41) is 1.21. The van der Waals surface area contributed by atoms with Crippen LogP contribution in [0.15, 0.2) is 36.4 Å². The summed E-state index contributed by atoms with van der Waals surface area (Å²) in [5.74, 6) is 0. The molecule has 106 valence electrons. The van der Waals surface area contributed by atoms with Gasteiger partial charge in [-0.15, -0.1) is 0 Å². The fraction of sp³-hybridized carbons (Fsp3) is 0.250. The van der Waals surface area contributed by atoms with Crippen LogP contribution in [0.3, 0.4) is 0 Å². The maximum absolute atomic E-state index is 4.94. The summed E-state index contributed by atoms with van der Waals surface area (Å²) >= 11 is 0. The summed E-state index contributed by atoms with van der Waals surface area (Å²) in [4.78, 5) is 4.94. The molecule has 0 saturated carbocycles. The van der Waals surface area contributed by atoms with Crippen molar-refractivity contribution in [3.63, 3.8) is 0 Å². The van der Waals surface area contributed by atoms with Gasteiger partial charge < -0.3 is 0 Å². The van der Waals surface area contributed by atoms with Crippen molar-refractivity contribution in [2.75, 3.05) is 0 Å². The van der Waals surface area contributed by atoms with Crippen LogP contribution in [-0.4, -0.2) is 4.98 Å². The molecule has 0 unspecified atom stereocenters. The molecule has 0 aliphatic carbocycles. The smallest absolute Gasteiger partial charge is 0.0741 e. The monoisotopic (exact) mass is 275 g/mol. The molecule has 3 rings (SSSR count). The largest absolute Gasteiger partial charge is 0.247 e. The minimum atomic E-state index is 1.08. The Labute approximate surface area is 126 Å². The minimum absolute atomic E-state index is 1.08. The van der Waals surface area contributed by atoms with Crippen LogP contribution in [0, 0.1) is 34.6 Å². The third-order valence-corrected chi connectivity index (χ3v) is 4.26. The van der Waals surface area contributed by atoms with Gasteiger partial charge in [0.15, 0.2) is 0 Å². The molecule has 3 aromatic rings. The molecular weight excluding hydrogens is 254 g/mol. The topological polar surface area (TPSA) is 12.9 Å². The third kappa shape index (κ3) is 2.44. The second-order valence-corrected chi connectivity index (χ2v) is 6.10. The van der Waals surface area contributed by atoms with Crippen LogP contribution >= 0.6 is 0 Å². The highest BCUT2D eigenvalue weighted by atomic mass is 14.7. The zero-order chi connectivity index (χ0) is 15.1. The molecular formula is C20H21N. The standard InChI is InChI=1S/C20H21N/c1-12-6-7-17-10-16(5)20(21-19(17)8-12)18-11-14(3)13(2)9-15(18)4/h6-11H,1-5H3. The fourth-order valence-corrected chi connectivity index (χ4v) is 2.87. The second-order valence-electron chi connectivity index (χ2n) is 6.10. The Morgan fingerprint density at radius 1 is 0.667 bits per heavy atom. The Hall–Kier alpha value is -2.15. The zero-order valence-corrected chi connectivity index (χ0v) is 13.4. The van der Waals surface area contributed by atoms with E-state index in [9.17, 15) is 0 Å². The lowest BCUT2D eigenvalue weighted by molar-refractivity contribution is 1.26. The first-order chi connectivity index (χ1) is 9.95. The van der Waals surface area contributed by atoms with Crippen LogP contribution < -0.4 is 0 Å². The van der Waals surface area contributed by atoms with Gasteiger partial charge in [-0.2, -0.15) is 0 Å². The number of rotatable bonds is 1. The average molecular weight is 275 g/mol. The first-order valence-corrected chi connectivity index (χ1v) is 7.42. The summed E-state index contributed by atoms with van der Waals surface area (Å²) < 4.78 is 0. The Morgan fingerprint density at radius 2 is 1.38 bits per heavy atom. The first-order valence-electron chi connectivity index (χ1n) is 7.42. The van der Waals surface area contributed by atoms with Crippen molar-refractivity contribution in [2.24, 2.45) is 0 Å². The van der Waals surface area contributed by atoms with Crippen molar-refractivity contribution in [3.05, 3.63) is 64.2 Å². The average Bonchev–Trinajstić information content (AvgIpc) is 2.43. The van der Waals surface area contributed by atoms with Crippen LogP contribution in [0.25, 0.3) is 22.2 Å². The number of fused-ring (bicyclic) bond motifs is 1. The lowest BCUT2D eigenvalue weighted by atomic mass is 9.95. The van der Waals surface area contributed by atoms with Crippen LogP contribution in [0.1, 0.15) is 27.8 Å². The third-order valence-electron chi connectivity index (χ3n) is 4.26. The molecule has 1 heteroatoms. The van der Waals surface area contributed by atoms with Crippen molar-refractivity contribution in [1.82, 2.24) is 4.98 Å². The molecule has 0 aliphatic rings. The second kappa shape index (κ2) is 5.00. The molecule has 1 nitrogen and oxygen atoms in total. The Morgan fingerprint density at radius 3 is 2.14 bits per heavy atom. The van der Waals surface area contributed by atoms with E-state index in [4.69, 9.17) is 4.98 Å². The van der Waals surface area contributed by atoms with E-state index in [1.54, 1.807) is 0 Å². The zero-order valence-electron chi connectivity index (χ0n) is 13.4. The molecule has 0 atom stereocenters. The maximum Gasteiger partial charge on any atom is 0.0741 e. The summed E-state index contributed by atoms with van der Waals surface area (Å²) in [6.45, 7) is 10.8. The van der Waals surface area contributed by atoms with E-state index in [0.717, 1.165) is 11.2 Å². The number of benzene rings is 2. The predicted molar refractivity (Wildman–Crippen MR) is 90.9 cm³/mol. The quantitative estimate of drug-likeness (QED) is 0.576. The molecule has 0 N–H and O–H groups in total. The molecule has 0 spiro atoms. The van der Waals surface area contributed by atoms with Crippen LogP contribution in [-0.2, 0) is 0 Å². The van der Waals surface area contributed by atoms with Crippen molar-refractivity contribution in [2.45, 2.75) is 34.6 Å². The number of nitrogens with zero attached hydrogens (tertiary/aromatic N) is 1. The fourth-order valence-electron chi connectivity index (χ4n) is 2.87. The SMILES string of the molecule is Cc1ccc2cc(C)c(-c3cc(C)c(C)cc3C)nc2c1. The number of hydrogen-bond donors (Lipinski definition) is 0. The number of aryl methyl sites for hydroxylation is 5. The highest BCUT2D eigenvalue weighted by Crippen LogP contribution is 2.30. The van der Waals surface area contributed by atoms with Gasteiger partial charge in [0.2, 0.25) is 0 Å². The molecule has 0 saturated heterocycles. The van der Waals surface area contributed by atoms with E-state index in [1.807, 2.05) is 0 Å². The van der Waals surface area contributed by atoms with Crippen molar-refractivity contribution in [1.29, 1.82) is 0 Å². The molecule has 0 aliphatic heterocycles. The predicted octanol–water partition coefficient (Wildman–Crippen LogP) is 5.44. The van der Waals surface area contributed by atoms with E-state index in [0.29, 0.717) is 0 Å². The van der Waals surface area contributed by atoms with Crippen LogP contribution in [0.5, 0.6) is 0 Å². The summed E-state index contributed by atoms with van der Waals surface area (Å²) in [7, 11) is 0. The molecule has 1 aromatic heterocycles. The first kappa shape index (κ1) is 13.8. The normalized spacial score (nSPS) is 11.1. The summed E-state index contributed by atoms with van der Waals surface area (Å²) in [6.07, 6.45) is 0. The maximum atomic E-state index is 4.94. The lowest BCUT2D eigenvalue weighted by Gasteiger charge is -2.13. The van der Waals surface area contributed by atoms with Crippen molar-refractivity contribution in [3.8, 4) is 11.3 Å². The van der Waals surface area contributed by atoms with Crippen LogP contribution in [0.4, 0.5) is 0 Å². The Kier molecular flexibility index (Phi) is 3.29. The Balaban J connectivity index is 2.29. The molecule has 0 fully saturated rings. The summed E-state index contributed by atoms with van der Waals surface area (Å²) in [6, 6.07) is 13.2. The Bertz CT molecular complexity index is 844. The molecule has 1 heterocycles. The minimum Gasteiger partial charge on any atom is -0.247 e. The highest BCUT2D eigenvalue weighted by Gasteiger charge is 2.10.